The van der Waals surface area contributed by atoms with Gasteiger partial charge < -0.3 is 14.6 Å². The van der Waals surface area contributed by atoms with Crippen molar-refractivity contribution in [3.8, 4) is 5.69 Å². The van der Waals surface area contributed by atoms with Gasteiger partial charge in [0, 0.05) is 49.3 Å². The minimum atomic E-state index is 0.0451. The maximum absolute atomic E-state index is 12.1. The molecule has 1 saturated heterocycles. The summed E-state index contributed by atoms with van der Waals surface area (Å²) in [6.45, 7) is 1.49. The van der Waals surface area contributed by atoms with Crippen LogP contribution in [0.15, 0.2) is 48.8 Å². The summed E-state index contributed by atoms with van der Waals surface area (Å²) in [6, 6.07) is 11.5. The Balaban J connectivity index is 1.71. The van der Waals surface area contributed by atoms with Gasteiger partial charge in [0.05, 0.1) is 0 Å². The van der Waals surface area contributed by atoms with Crippen LogP contribution in [-0.4, -0.2) is 40.2 Å². The molecule has 1 aliphatic heterocycles. The third-order valence-corrected chi connectivity index (χ3v) is 3.52. The number of nitrogens with zero attached hydrogens (tertiary/aromatic N) is 2. The fourth-order valence-corrected chi connectivity index (χ4v) is 2.32. The molecule has 0 radical (unpaired) electrons. The first-order valence-electron chi connectivity index (χ1n) is 6.41. The van der Waals surface area contributed by atoms with E-state index in [0.717, 1.165) is 5.69 Å². The van der Waals surface area contributed by atoms with Crippen molar-refractivity contribution in [2.24, 2.45) is 5.92 Å². The average molecular weight is 256 g/mol. The summed E-state index contributed by atoms with van der Waals surface area (Å²) in [5.74, 6) is 0.298. The van der Waals surface area contributed by atoms with Gasteiger partial charge in [-0.1, -0.05) is 0 Å². The third-order valence-electron chi connectivity index (χ3n) is 3.52. The van der Waals surface area contributed by atoms with Crippen LogP contribution in [0, 0.1) is 5.92 Å². The van der Waals surface area contributed by atoms with E-state index in [1.54, 1.807) is 4.90 Å². The number of aliphatic hydroxyl groups excluding tert-OH is 1. The molecule has 2 heterocycles. The zero-order valence-corrected chi connectivity index (χ0v) is 10.6. The first-order valence-corrected chi connectivity index (χ1v) is 6.41. The highest BCUT2D eigenvalue weighted by atomic mass is 16.3. The second-order valence-electron chi connectivity index (χ2n) is 4.90. The Morgan fingerprint density at radius 1 is 1.16 bits per heavy atom. The van der Waals surface area contributed by atoms with E-state index in [2.05, 4.69) is 0 Å². The highest BCUT2D eigenvalue weighted by Crippen LogP contribution is 2.19. The number of carbonyl (C=O) groups excluding carboxylic acids is 1. The lowest BCUT2D eigenvalue weighted by atomic mass is 10.00. The van der Waals surface area contributed by atoms with Crippen molar-refractivity contribution in [2.75, 3.05) is 19.7 Å². The molecule has 1 fully saturated rings. The van der Waals surface area contributed by atoms with Crippen molar-refractivity contribution < 1.29 is 9.90 Å². The number of aliphatic hydroxyl groups is 1. The van der Waals surface area contributed by atoms with Crippen LogP contribution in [-0.2, 0) is 0 Å². The Morgan fingerprint density at radius 3 is 2.37 bits per heavy atom. The van der Waals surface area contributed by atoms with E-state index >= 15 is 0 Å². The molecule has 1 aromatic heterocycles. The molecule has 1 amide bonds. The molecule has 98 valence electrons. The smallest absolute Gasteiger partial charge is 0.253 e. The van der Waals surface area contributed by atoms with E-state index in [0.29, 0.717) is 18.7 Å². The zero-order chi connectivity index (χ0) is 13.2. The number of rotatable bonds is 3. The molecule has 0 unspecified atom stereocenters. The Hall–Kier alpha value is -2.07. The second-order valence-corrected chi connectivity index (χ2v) is 4.90. The highest BCUT2D eigenvalue weighted by molar-refractivity contribution is 5.94. The molecule has 4 heteroatoms. The predicted octanol–water partition coefficient (Wildman–Crippen LogP) is 1.54. The number of hydrogen-bond donors (Lipinski definition) is 1. The molecule has 1 aliphatic rings. The summed E-state index contributed by atoms with van der Waals surface area (Å²) in [4.78, 5) is 13.9. The van der Waals surface area contributed by atoms with Gasteiger partial charge in [0.1, 0.15) is 0 Å². The molecule has 3 rings (SSSR count). The van der Waals surface area contributed by atoms with Crippen molar-refractivity contribution in [1.82, 2.24) is 9.47 Å². The van der Waals surface area contributed by atoms with Crippen LogP contribution in [0.2, 0.25) is 0 Å². The van der Waals surface area contributed by atoms with Crippen molar-refractivity contribution in [3.63, 3.8) is 0 Å². The summed E-state index contributed by atoms with van der Waals surface area (Å²) in [6.07, 6.45) is 3.94. The number of likely N-dealkylation sites (tertiary alicyclic amines) is 1. The summed E-state index contributed by atoms with van der Waals surface area (Å²) in [7, 11) is 0. The van der Waals surface area contributed by atoms with Crippen LogP contribution in [0.4, 0.5) is 0 Å². The van der Waals surface area contributed by atoms with Gasteiger partial charge in [-0.25, -0.2) is 0 Å². The molecule has 2 aromatic rings. The van der Waals surface area contributed by atoms with Crippen molar-refractivity contribution >= 4 is 5.91 Å². The molecule has 0 bridgehead atoms. The lowest BCUT2D eigenvalue weighted by Gasteiger charge is -2.38. The number of aromatic nitrogens is 1. The standard InChI is InChI=1S/C15H16N2O2/c18-11-12-9-17(10-12)15(19)13-3-5-14(6-4-13)16-7-1-2-8-16/h1-8,12,18H,9-11H2. The molecular formula is C15H16N2O2. The molecule has 19 heavy (non-hydrogen) atoms. The van der Waals surface area contributed by atoms with E-state index in [1.165, 1.54) is 0 Å². The second kappa shape index (κ2) is 4.90. The SMILES string of the molecule is O=C(c1ccc(-n2cccc2)cc1)N1CC(CO)C1. The van der Waals surface area contributed by atoms with Gasteiger partial charge in [0.25, 0.3) is 5.91 Å². The van der Waals surface area contributed by atoms with Gasteiger partial charge in [0.15, 0.2) is 0 Å². The van der Waals surface area contributed by atoms with E-state index in [1.807, 2.05) is 53.4 Å². The number of benzene rings is 1. The summed E-state index contributed by atoms with van der Waals surface area (Å²) < 4.78 is 2.00. The fourth-order valence-electron chi connectivity index (χ4n) is 2.32. The van der Waals surface area contributed by atoms with Crippen LogP contribution in [0.25, 0.3) is 5.69 Å². The zero-order valence-electron chi connectivity index (χ0n) is 10.6. The molecule has 1 aromatic carbocycles. The van der Waals surface area contributed by atoms with Crippen LogP contribution in [0.1, 0.15) is 10.4 Å². The van der Waals surface area contributed by atoms with Gasteiger partial charge in [-0.05, 0) is 36.4 Å². The van der Waals surface area contributed by atoms with Crippen LogP contribution >= 0.6 is 0 Å². The minimum Gasteiger partial charge on any atom is -0.396 e. The maximum Gasteiger partial charge on any atom is 0.253 e. The minimum absolute atomic E-state index is 0.0451. The van der Waals surface area contributed by atoms with Gasteiger partial charge in [0.2, 0.25) is 0 Å². The van der Waals surface area contributed by atoms with E-state index in [-0.39, 0.29) is 18.4 Å². The largest absolute Gasteiger partial charge is 0.396 e. The van der Waals surface area contributed by atoms with Crippen LogP contribution in [0.3, 0.4) is 0 Å². The molecule has 0 aliphatic carbocycles. The number of amides is 1. The maximum atomic E-state index is 12.1. The lowest BCUT2D eigenvalue weighted by molar-refractivity contribution is 0.0362. The van der Waals surface area contributed by atoms with Crippen molar-refractivity contribution in [3.05, 3.63) is 54.4 Å². The van der Waals surface area contributed by atoms with Gasteiger partial charge in [-0.15, -0.1) is 0 Å². The number of hydrogen-bond acceptors (Lipinski definition) is 2. The Kier molecular flexibility index (Phi) is 3.09. The summed E-state index contributed by atoms with van der Waals surface area (Å²) in [5.41, 5.74) is 1.74. The quantitative estimate of drug-likeness (QED) is 0.905. The predicted molar refractivity (Wildman–Crippen MR) is 72.2 cm³/mol. The van der Waals surface area contributed by atoms with Gasteiger partial charge in [-0.2, -0.15) is 0 Å². The molecule has 1 N–H and O–H groups in total. The Morgan fingerprint density at radius 2 is 1.79 bits per heavy atom. The van der Waals surface area contributed by atoms with Crippen LogP contribution < -0.4 is 0 Å². The molecule has 4 nitrogen and oxygen atoms in total. The van der Waals surface area contributed by atoms with E-state index in [4.69, 9.17) is 5.11 Å². The van der Waals surface area contributed by atoms with Crippen molar-refractivity contribution in [1.29, 1.82) is 0 Å². The van der Waals surface area contributed by atoms with E-state index in [9.17, 15) is 4.79 Å². The molecule has 0 atom stereocenters. The average Bonchev–Trinajstić information content (AvgIpc) is 2.91. The van der Waals surface area contributed by atoms with Crippen LogP contribution in [0.5, 0.6) is 0 Å². The Bertz CT molecular complexity index is 554. The molecular weight excluding hydrogens is 240 g/mol. The molecule has 0 spiro atoms. The Labute approximate surface area is 111 Å². The van der Waals surface area contributed by atoms with E-state index < -0.39 is 0 Å². The normalized spacial score (nSPS) is 15.3. The fraction of sp³-hybridized carbons (Fsp3) is 0.267. The summed E-state index contributed by atoms with van der Waals surface area (Å²) in [5, 5.41) is 8.96. The van der Waals surface area contributed by atoms with Gasteiger partial charge in [-0.3, -0.25) is 4.79 Å². The van der Waals surface area contributed by atoms with Gasteiger partial charge >= 0.3 is 0 Å². The first-order chi connectivity index (χ1) is 9.28. The first kappa shape index (κ1) is 12.0. The summed E-state index contributed by atoms with van der Waals surface area (Å²) >= 11 is 0. The third kappa shape index (κ3) is 2.27. The highest BCUT2D eigenvalue weighted by Gasteiger charge is 2.30. The van der Waals surface area contributed by atoms with Crippen molar-refractivity contribution in [2.45, 2.75) is 0 Å². The number of carbonyl (C=O) groups is 1. The molecule has 0 saturated carbocycles. The monoisotopic (exact) mass is 256 g/mol. The topological polar surface area (TPSA) is 45.5 Å². The lowest BCUT2D eigenvalue weighted by Crippen LogP contribution is -2.51.